The van der Waals surface area contributed by atoms with Crippen LogP contribution in [-0.2, 0) is 10.0 Å². The quantitative estimate of drug-likeness (QED) is 0.790. The first kappa shape index (κ1) is 13.7. The molecule has 0 unspecified atom stereocenters. The van der Waals surface area contributed by atoms with Crippen molar-refractivity contribution in [2.75, 3.05) is 13.7 Å². The van der Waals surface area contributed by atoms with Crippen molar-refractivity contribution in [2.45, 2.75) is 18.2 Å². The molecule has 0 saturated carbocycles. The highest BCUT2D eigenvalue weighted by atomic mass is 32.2. The van der Waals surface area contributed by atoms with Crippen LogP contribution in [0.2, 0.25) is 0 Å². The predicted molar refractivity (Wildman–Crippen MR) is 67.6 cm³/mol. The van der Waals surface area contributed by atoms with Crippen molar-refractivity contribution in [1.29, 1.82) is 0 Å². The van der Waals surface area contributed by atoms with E-state index in [1.54, 1.807) is 18.2 Å². The molecule has 4 nitrogen and oxygen atoms in total. The molecule has 1 aromatic rings. The van der Waals surface area contributed by atoms with Gasteiger partial charge >= 0.3 is 0 Å². The van der Waals surface area contributed by atoms with Gasteiger partial charge in [-0.3, -0.25) is 0 Å². The van der Waals surface area contributed by atoms with Crippen LogP contribution in [0.3, 0.4) is 0 Å². The highest BCUT2D eigenvalue weighted by molar-refractivity contribution is 7.89. The van der Waals surface area contributed by atoms with E-state index in [9.17, 15) is 8.42 Å². The van der Waals surface area contributed by atoms with E-state index in [4.69, 9.17) is 4.74 Å². The Hall–Kier alpha value is -1.33. The van der Waals surface area contributed by atoms with Crippen LogP contribution in [0.4, 0.5) is 0 Å². The summed E-state index contributed by atoms with van der Waals surface area (Å²) in [5, 5.41) is 0. The highest BCUT2D eigenvalue weighted by Gasteiger charge is 2.11. The van der Waals surface area contributed by atoms with Gasteiger partial charge in [0.15, 0.2) is 0 Å². The third-order valence-electron chi connectivity index (χ3n) is 2.16. The molecular weight excluding hydrogens is 238 g/mol. The minimum Gasteiger partial charge on any atom is -0.497 e. The second-order valence-electron chi connectivity index (χ2n) is 3.41. The van der Waals surface area contributed by atoms with E-state index in [2.05, 4.69) is 4.72 Å². The fraction of sp³-hybridized carbons (Fsp3) is 0.333. The Morgan fingerprint density at radius 1 is 1.24 bits per heavy atom. The van der Waals surface area contributed by atoms with Gasteiger partial charge in [-0.15, -0.1) is 0 Å². The van der Waals surface area contributed by atoms with Gasteiger partial charge in [0, 0.05) is 6.54 Å². The molecule has 94 valence electrons. The Labute approximate surface area is 102 Å². The molecule has 0 aliphatic heterocycles. The van der Waals surface area contributed by atoms with Gasteiger partial charge in [0.1, 0.15) is 5.75 Å². The lowest BCUT2D eigenvalue weighted by Crippen LogP contribution is -2.23. The summed E-state index contributed by atoms with van der Waals surface area (Å²) in [6, 6.07) is 6.28. The maximum atomic E-state index is 11.8. The second kappa shape index (κ2) is 6.42. The fourth-order valence-electron chi connectivity index (χ4n) is 1.25. The standard InChI is InChI=1S/C12H17NO3S/c1-3-4-5-10-13-17(14,15)12-8-6-11(16-2)7-9-12/h4-9,13H,3,10H2,1-2H3/b5-4+. The van der Waals surface area contributed by atoms with Crippen LogP contribution in [0.5, 0.6) is 5.75 Å². The summed E-state index contributed by atoms with van der Waals surface area (Å²) >= 11 is 0. The average molecular weight is 255 g/mol. The van der Waals surface area contributed by atoms with Crippen LogP contribution in [0.15, 0.2) is 41.3 Å². The number of nitrogens with one attached hydrogen (secondary N) is 1. The third kappa shape index (κ3) is 4.20. The van der Waals surface area contributed by atoms with E-state index in [0.29, 0.717) is 12.3 Å². The van der Waals surface area contributed by atoms with Crippen LogP contribution in [0, 0.1) is 0 Å². The smallest absolute Gasteiger partial charge is 0.240 e. The number of sulfonamides is 1. The number of benzene rings is 1. The Morgan fingerprint density at radius 2 is 1.88 bits per heavy atom. The van der Waals surface area contributed by atoms with Gasteiger partial charge in [-0.1, -0.05) is 19.1 Å². The highest BCUT2D eigenvalue weighted by Crippen LogP contribution is 2.14. The van der Waals surface area contributed by atoms with Crippen molar-refractivity contribution in [3.63, 3.8) is 0 Å². The van der Waals surface area contributed by atoms with Crippen LogP contribution >= 0.6 is 0 Å². The molecule has 1 N–H and O–H groups in total. The second-order valence-corrected chi connectivity index (χ2v) is 5.17. The Balaban J connectivity index is 2.72. The lowest BCUT2D eigenvalue weighted by molar-refractivity contribution is 0.414. The van der Waals surface area contributed by atoms with E-state index in [1.807, 2.05) is 13.0 Å². The Morgan fingerprint density at radius 3 is 2.41 bits per heavy atom. The molecule has 0 fully saturated rings. The van der Waals surface area contributed by atoms with Crippen molar-refractivity contribution in [1.82, 2.24) is 4.72 Å². The Bertz CT molecular complexity index is 463. The molecule has 17 heavy (non-hydrogen) atoms. The van der Waals surface area contributed by atoms with Crippen LogP contribution in [0.25, 0.3) is 0 Å². The largest absolute Gasteiger partial charge is 0.497 e. The number of allylic oxidation sites excluding steroid dienone is 1. The number of hydrogen-bond donors (Lipinski definition) is 1. The number of hydrogen-bond acceptors (Lipinski definition) is 3. The van der Waals surface area contributed by atoms with Gasteiger partial charge in [0.2, 0.25) is 10.0 Å². The lowest BCUT2D eigenvalue weighted by atomic mass is 10.3. The first-order valence-corrected chi connectivity index (χ1v) is 6.87. The van der Waals surface area contributed by atoms with Crippen molar-refractivity contribution < 1.29 is 13.2 Å². The van der Waals surface area contributed by atoms with E-state index >= 15 is 0 Å². The molecule has 0 aliphatic carbocycles. The molecule has 0 saturated heterocycles. The van der Waals surface area contributed by atoms with Crippen molar-refractivity contribution >= 4 is 10.0 Å². The topological polar surface area (TPSA) is 55.4 Å². The van der Waals surface area contributed by atoms with Crippen molar-refractivity contribution in [3.05, 3.63) is 36.4 Å². The van der Waals surface area contributed by atoms with Crippen LogP contribution in [-0.4, -0.2) is 22.1 Å². The predicted octanol–water partition coefficient (Wildman–Crippen LogP) is 1.94. The number of ether oxygens (including phenoxy) is 1. The van der Waals surface area contributed by atoms with E-state index < -0.39 is 10.0 Å². The Kier molecular flexibility index (Phi) is 5.18. The summed E-state index contributed by atoms with van der Waals surface area (Å²) in [7, 11) is -1.88. The number of methoxy groups -OCH3 is 1. The van der Waals surface area contributed by atoms with Gasteiger partial charge in [0.05, 0.1) is 12.0 Å². The van der Waals surface area contributed by atoms with Gasteiger partial charge in [0.25, 0.3) is 0 Å². The maximum Gasteiger partial charge on any atom is 0.240 e. The molecule has 0 radical (unpaired) electrons. The zero-order chi connectivity index (χ0) is 12.7. The molecule has 0 amide bonds. The molecule has 5 heteroatoms. The summed E-state index contributed by atoms with van der Waals surface area (Å²) in [6.07, 6.45) is 4.60. The zero-order valence-electron chi connectivity index (χ0n) is 10.0. The summed E-state index contributed by atoms with van der Waals surface area (Å²) in [4.78, 5) is 0.239. The summed E-state index contributed by atoms with van der Waals surface area (Å²) < 4.78 is 31.1. The summed E-state index contributed by atoms with van der Waals surface area (Å²) in [5.74, 6) is 0.634. The van der Waals surface area contributed by atoms with Gasteiger partial charge in [-0.2, -0.15) is 0 Å². The molecule has 1 aromatic carbocycles. The maximum absolute atomic E-state index is 11.8. The normalized spacial score (nSPS) is 11.9. The van der Waals surface area contributed by atoms with E-state index in [-0.39, 0.29) is 4.90 Å². The lowest BCUT2D eigenvalue weighted by Gasteiger charge is -2.05. The molecule has 0 heterocycles. The average Bonchev–Trinajstić information content (AvgIpc) is 2.35. The van der Waals surface area contributed by atoms with Crippen molar-refractivity contribution in [3.8, 4) is 5.75 Å². The molecule has 0 atom stereocenters. The SMILES string of the molecule is CC/C=C/CNS(=O)(=O)c1ccc(OC)cc1. The molecule has 1 rings (SSSR count). The minimum absolute atomic E-state index is 0.239. The fourth-order valence-corrected chi connectivity index (χ4v) is 2.22. The van der Waals surface area contributed by atoms with Crippen LogP contribution < -0.4 is 9.46 Å². The van der Waals surface area contributed by atoms with Crippen molar-refractivity contribution in [2.24, 2.45) is 0 Å². The first-order chi connectivity index (χ1) is 8.10. The molecule has 0 aliphatic rings. The first-order valence-electron chi connectivity index (χ1n) is 5.39. The molecular formula is C12H17NO3S. The van der Waals surface area contributed by atoms with Gasteiger partial charge in [-0.05, 0) is 30.7 Å². The van der Waals surface area contributed by atoms with Gasteiger partial charge in [-0.25, -0.2) is 13.1 Å². The summed E-state index contributed by atoms with van der Waals surface area (Å²) in [6.45, 7) is 2.30. The third-order valence-corrected chi connectivity index (χ3v) is 3.60. The van der Waals surface area contributed by atoms with Crippen LogP contribution in [0.1, 0.15) is 13.3 Å². The molecule has 0 aromatic heterocycles. The van der Waals surface area contributed by atoms with E-state index in [1.165, 1.54) is 19.2 Å². The van der Waals surface area contributed by atoms with E-state index in [0.717, 1.165) is 6.42 Å². The summed E-state index contributed by atoms with van der Waals surface area (Å²) in [5.41, 5.74) is 0. The zero-order valence-corrected chi connectivity index (χ0v) is 10.8. The molecule has 0 bridgehead atoms. The number of rotatable bonds is 6. The molecule has 0 spiro atoms. The van der Waals surface area contributed by atoms with Gasteiger partial charge < -0.3 is 4.74 Å². The minimum atomic E-state index is -3.42. The monoisotopic (exact) mass is 255 g/mol.